The molecule has 0 aliphatic heterocycles. The average molecular weight is 477 g/mol. The third-order valence-electron chi connectivity index (χ3n) is 5.51. The minimum Gasteiger partial charge on any atom is -0.352 e. The van der Waals surface area contributed by atoms with Crippen molar-refractivity contribution >= 4 is 34.2 Å². The molecule has 0 fully saturated rings. The standard InChI is InChI=1S/C25H28N6O4/c1-4-12-29-23(34)19-11-10-17(22(33)26-14-16(2)3)13-20(19)31-24(29)28-30(25(31)35)15-21(32)27-18-8-6-5-7-9-18/h5-11,13,16H,4,12,14-15H2,1-3H3,(H,26,33)(H,27,32). The van der Waals surface area contributed by atoms with E-state index in [1.54, 1.807) is 36.4 Å². The fourth-order valence-corrected chi connectivity index (χ4v) is 3.84. The second kappa shape index (κ2) is 9.96. The smallest absolute Gasteiger partial charge is 0.352 e. The van der Waals surface area contributed by atoms with Gasteiger partial charge < -0.3 is 10.6 Å². The van der Waals surface area contributed by atoms with Gasteiger partial charge in [-0.25, -0.2) is 13.9 Å². The molecule has 0 bridgehead atoms. The van der Waals surface area contributed by atoms with Gasteiger partial charge in [-0.3, -0.25) is 19.0 Å². The Kier molecular flexibility index (Phi) is 6.81. The normalized spacial score (nSPS) is 11.3. The summed E-state index contributed by atoms with van der Waals surface area (Å²) in [6.07, 6.45) is 0.645. The van der Waals surface area contributed by atoms with Crippen LogP contribution in [0.4, 0.5) is 5.69 Å². The summed E-state index contributed by atoms with van der Waals surface area (Å²) in [4.78, 5) is 51.8. The van der Waals surface area contributed by atoms with Crippen LogP contribution in [0.2, 0.25) is 0 Å². The molecule has 0 saturated carbocycles. The van der Waals surface area contributed by atoms with Gasteiger partial charge in [0.05, 0.1) is 10.9 Å². The van der Waals surface area contributed by atoms with Crippen LogP contribution in [0.15, 0.2) is 58.1 Å². The summed E-state index contributed by atoms with van der Waals surface area (Å²) >= 11 is 0. The van der Waals surface area contributed by atoms with Crippen molar-refractivity contribution in [2.24, 2.45) is 5.92 Å². The number of amides is 2. The minimum atomic E-state index is -0.571. The number of nitrogens with one attached hydrogen (secondary N) is 2. The first-order chi connectivity index (χ1) is 16.8. The molecule has 0 atom stereocenters. The van der Waals surface area contributed by atoms with Crippen molar-refractivity contribution in [3.8, 4) is 0 Å². The lowest BCUT2D eigenvalue weighted by Crippen LogP contribution is -2.30. The highest BCUT2D eigenvalue weighted by Crippen LogP contribution is 2.15. The minimum absolute atomic E-state index is 0.126. The Bertz CT molecular complexity index is 1510. The molecule has 2 heterocycles. The number of aryl methyl sites for hydroxylation is 1. The molecule has 182 valence electrons. The Morgan fingerprint density at radius 3 is 2.49 bits per heavy atom. The van der Waals surface area contributed by atoms with Gasteiger partial charge in [-0.2, -0.15) is 0 Å². The van der Waals surface area contributed by atoms with Gasteiger partial charge in [0.15, 0.2) is 0 Å². The predicted octanol–water partition coefficient (Wildman–Crippen LogP) is 2.25. The van der Waals surface area contributed by atoms with Crippen LogP contribution < -0.4 is 21.9 Å². The molecular formula is C25H28N6O4. The fraction of sp³-hybridized carbons (Fsp3) is 0.320. The zero-order valence-electron chi connectivity index (χ0n) is 19.9. The lowest BCUT2D eigenvalue weighted by Gasteiger charge is -2.11. The maximum absolute atomic E-state index is 13.4. The van der Waals surface area contributed by atoms with Crippen molar-refractivity contribution in [2.75, 3.05) is 11.9 Å². The number of anilines is 1. The van der Waals surface area contributed by atoms with Gasteiger partial charge in [-0.15, -0.1) is 5.10 Å². The number of aromatic nitrogens is 4. The molecule has 35 heavy (non-hydrogen) atoms. The summed E-state index contributed by atoms with van der Waals surface area (Å²) in [7, 11) is 0. The van der Waals surface area contributed by atoms with E-state index in [0.717, 1.165) is 4.68 Å². The van der Waals surface area contributed by atoms with Crippen LogP contribution >= 0.6 is 0 Å². The van der Waals surface area contributed by atoms with Gasteiger partial charge in [0.2, 0.25) is 11.7 Å². The molecule has 0 unspecified atom stereocenters. The third kappa shape index (κ3) is 4.86. The number of fused-ring (bicyclic) bond motifs is 3. The second-order valence-corrected chi connectivity index (χ2v) is 8.78. The number of carbonyl (C=O) groups is 2. The number of hydrogen-bond donors (Lipinski definition) is 2. The molecule has 0 saturated heterocycles. The van der Waals surface area contributed by atoms with Gasteiger partial charge in [-0.1, -0.05) is 39.0 Å². The quantitative estimate of drug-likeness (QED) is 0.404. The van der Waals surface area contributed by atoms with E-state index < -0.39 is 11.6 Å². The van der Waals surface area contributed by atoms with Crippen LogP contribution in [0.3, 0.4) is 0 Å². The average Bonchev–Trinajstić information content (AvgIpc) is 3.16. The monoisotopic (exact) mass is 476 g/mol. The predicted molar refractivity (Wildman–Crippen MR) is 134 cm³/mol. The topological polar surface area (TPSA) is 120 Å². The lowest BCUT2D eigenvalue weighted by atomic mass is 10.1. The SMILES string of the molecule is CCCn1c(=O)c2ccc(C(=O)NCC(C)C)cc2n2c(=O)n(CC(=O)Nc3ccccc3)nc12. The molecular weight excluding hydrogens is 448 g/mol. The summed E-state index contributed by atoms with van der Waals surface area (Å²) in [6.45, 7) is 6.41. The first-order valence-electron chi connectivity index (χ1n) is 11.6. The first-order valence-corrected chi connectivity index (χ1v) is 11.6. The van der Waals surface area contributed by atoms with Gasteiger partial charge in [0.25, 0.3) is 11.5 Å². The first kappa shape index (κ1) is 23.9. The largest absolute Gasteiger partial charge is 0.352 e. The molecule has 2 aromatic carbocycles. The molecule has 4 aromatic rings. The van der Waals surface area contributed by atoms with Crippen LogP contribution in [-0.2, 0) is 17.9 Å². The number of para-hydroxylation sites is 1. The van der Waals surface area contributed by atoms with E-state index in [4.69, 9.17) is 0 Å². The Morgan fingerprint density at radius 2 is 1.80 bits per heavy atom. The van der Waals surface area contributed by atoms with Crippen LogP contribution in [-0.4, -0.2) is 37.1 Å². The zero-order chi connectivity index (χ0) is 25.1. The zero-order valence-corrected chi connectivity index (χ0v) is 19.9. The summed E-state index contributed by atoms with van der Waals surface area (Å²) in [5, 5.41) is 10.2. The number of nitrogens with zero attached hydrogens (tertiary/aromatic N) is 4. The fourth-order valence-electron chi connectivity index (χ4n) is 3.84. The molecule has 0 radical (unpaired) electrons. The Hall–Kier alpha value is -4.21. The van der Waals surface area contributed by atoms with Crippen molar-refractivity contribution in [1.82, 2.24) is 24.1 Å². The highest BCUT2D eigenvalue weighted by Gasteiger charge is 2.20. The Labute approximate surface area is 201 Å². The van der Waals surface area contributed by atoms with Crippen LogP contribution in [0, 0.1) is 5.92 Å². The van der Waals surface area contributed by atoms with E-state index in [2.05, 4.69) is 15.7 Å². The van der Waals surface area contributed by atoms with E-state index >= 15 is 0 Å². The lowest BCUT2D eigenvalue weighted by molar-refractivity contribution is -0.117. The maximum Gasteiger partial charge on any atom is 0.352 e. The van der Waals surface area contributed by atoms with Crippen LogP contribution in [0.1, 0.15) is 37.6 Å². The highest BCUT2D eigenvalue weighted by molar-refractivity contribution is 5.98. The Morgan fingerprint density at radius 1 is 1.06 bits per heavy atom. The van der Waals surface area contributed by atoms with Gasteiger partial charge in [-0.05, 0) is 42.7 Å². The van der Waals surface area contributed by atoms with Gasteiger partial charge >= 0.3 is 5.69 Å². The number of hydrogen-bond acceptors (Lipinski definition) is 5. The van der Waals surface area contributed by atoms with E-state index in [9.17, 15) is 19.2 Å². The number of benzene rings is 2. The van der Waals surface area contributed by atoms with Gasteiger partial charge in [0, 0.05) is 24.3 Å². The molecule has 2 N–H and O–H groups in total. The summed E-state index contributed by atoms with van der Waals surface area (Å²) in [5.41, 5.74) is 0.315. The van der Waals surface area contributed by atoms with Crippen LogP contribution in [0.5, 0.6) is 0 Å². The molecule has 10 nitrogen and oxygen atoms in total. The summed E-state index contributed by atoms with van der Waals surface area (Å²) < 4.78 is 3.75. The molecule has 10 heteroatoms. The molecule has 2 amide bonds. The summed E-state index contributed by atoms with van der Waals surface area (Å²) in [6, 6.07) is 13.5. The van der Waals surface area contributed by atoms with Crippen molar-refractivity contribution in [1.29, 1.82) is 0 Å². The van der Waals surface area contributed by atoms with Crippen molar-refractivity contribution in [3.05, 3.63) is 74.9 Å². The van der Waals surface area contributed by atoms with Crippen molar-refractivity contribution in [3.63, 3.8) is 0 Å². The highest BCUT2D eigenvalue weighted by atomic mass is 16.2. The molecule has 0 aliphatic carbocycles. The molecule has 2 aromatic heterocycles. The van der Waals surface area contributed by atoms with Crippen LogP contribution in [0.25, 0.3) is 16.7 Å². The van der Waals surface area contributed by atoms with E-state index in [1.807, 2.05) is 26.8 Å². The van der Waals surface area contributed by atoms with Gasteiger partial charge in [0.1, 0.15) is 6.54 Å². The maximum atomic E-state index is 13.4. The van der Waals surface area contributed by atoms with E-state index in [0.29, 0.717) is 36.1 Å². The number of carbonyl (C=O) groups excluding carboxylic acids is 2. The number of rotatable bonds is 8. The molecule has 0 spiro atoms. The van der Waals surface area contributed by atoms with Crippen molar-refractivity contribution < 1.29 is 9.59 Å². The summed E-state index contributed by atoms with van der Waals surface area (Å²) in [5.74, 6) is -0.324. The van der Waals surface area contributed by atoms with E-state index in [-0.39, 0.29) is 35.2 Å². The molecule has 4 rings (SSSR count). The molecule has 0 aliphatic rings. The Balaban J connectivity index is 1.82. The van der Waals surface area contributed by atoms with E-state index in [1.165, 1.54) is 15.0 Å². The second-order valence-electron chi connectivity index (χ2n) is 8.78. The van der Waals surface area contributed by atoms with Crippen molar-refractivity contribution in [2.45, 2.75) is 40.3 Å². The third-order valence-corrected chi connectivity index (χ3v) is 5.51.